The number of aliphatic hydroxyl groups excluding tert-OH is 1. The van der Waals surface area contributed by atoms with Crippen molar-refractivity contribution in [2.45, 2.75) is 58.1 Å². The maximum atomic E-state index is 9.30. The maximum absolute atomic E-state index is 9.30. The fourth-order valence-electron chi connectivity index (χ4n) is 2.75. The number of thioether (sulfide) groups is 1. The van der Waals surface area contributed by atoms with Gasteiger partial charge in [-0.05, 0) is 50.2 Å². The quantitative estimate of drug-likeness (QED) is 0.291. The first kappa shape index (κ1) is 22.3. The average Bonchev–Trinajstić information content (AvgIpc) is 3.02. The first-order valence-electron chi connectivity index (χ1n) is 8.44. The van der Waals surface area contributed by atoms with Crippen molar-refractivity contribution in [3.63, 3.8) is 0 Å². The first-order valence-corrected chi connectivity index (χ1v) is 9.49. The predicted octanol–water partition coefficient (Wildman–Crippen LogP) is 3.24. The van der Waals surface area contributed by atoms with Gasteiger partial charge in [-0.3, -0.25) is 4.99 Å². The smallest absolute Gasteiger partial charge is 0.191 e. The van der Waals surface area contributed by atoms with Crippen molar-refractivity contribution in [1.29, 1.82) is 0 Å². The van der Waals surface area contributed by atoms with Crippen LogP contribution in [0.15, 0.2) is 4.99 Å². The minimum absolute atomic E-state index is 0. The van der Waals surface area contributed by atoms with Crippen LogP contribution < -0.4 is 10.6 Å². The number of halogens is 1. The molecule has 1 rings (SSSR count). The SMILES string of the molecule is CCNC(=NCC(CC)(CC)CCO)NCC1CCCS1.I. The lowest BCUT2D eigenvalue weighted by Gasteiger charge is -2.29. The summed E-state index contributed by atoms with van der Waals surface area (Å²) in [5, 5.41) is 16.8. The van der Waals surface area contributed by atoms with Crippen molar-refractivity contribution in [3.05, 3.63) is 0 Å². The van der Waals surface area contributed by atoms with Crippen LogP contribution in [-0.2, 0) is 0 Å². The molecule has 0 aliphatic carbocycles. The summed E-state index contributed by atoms with van der Waals surface area (Å²) in [6.45, 7) is 9.42. The summed E-state index contributed by atoms with van der Waals surface area (Å²) >= 11 is 2.06. The molecule has 1 heterocycles. The highest BCUT2D eigenvalue weighted by Gasteiger charge is 2.25. The Bertz CT molecular complexity index is 306. The van der Waals surface area contributed by atoms with Crippen molar-refractivity contribution in [3.8, 4) is 0 Å². The molecule has 0 saturated carbocycles. The van der Waals surface area contributed by atoms with Crippen LogP contribution in [0.2, 0.25) is 0 Å². The highest BCUT2D eigenvalue weighted by atomic mass is 127. The van der Waals surface area contributed by atoms with Gasteiger partial charge in [0.25, 0.3) is 0 Å². The van der Waals surface area contributed by atoms with E-state index in [1.54, 1.807) is 0 Å². The van der Waals surface area contributed by atoms with Crippen LogP contribution in [0.25, 0.3) is 0 Å². The van der Waals surface area contributed by atoms with E-state index in [1.165, 1.54) is 18.6 Å². The third kappa shape index (κ3) is 7.73. The van der Waals surface area contributed by atoms with Gasteiger partial charge in [0, 0.05) is 31.5 Å². The Morgan fingerprint density at radius 1 is 1.27 bits per heavy atom. The summed E-state index contributed by atoms with van der Waals surface area (Å²) < 4.78 is 0. The van der Waals surface area contributed by atoms with Crippen molar-refractivity contribution in [2.24, 2.45) is 10.4 Å². The van der Waals surface area contributed by atoms with Gasteiger partial charge in [0.2, 0.25) is 0 Å². The van der Waals surface area contributed by atoms with Gasteiger partial charge in [-0.15, -0.1) is 24.0 Å². The zero-order valence-corrected chi connectivity index (χ0v) is 17.5. The number of aliphatic hydroxyl groups is 1. The minimum atomic E-state index is 0. The lowest BCUT2D eigenvalue weighted by atomic mass is 9.79. The van der Waals surface area contributed by atoms with Crippen LogP contribution in [0.3, 0.4) is 0 Å². The van der Waals surface area contributed by atoms with Gasteiger partial charge >= 0.3 is 0 Å². The van der Waals surface area contributed by atoms with E-state index >= 15 is 0 Å². The molecule has 0 aromatic heterocycles. The average molecular weight is 443 g/mol. The molecule has 1 saturated heterocycles. The Kier molecular flexibility index (Phi) is 12.9. The molecule has 1 aliphatic rings. The molecule has 6 heteroatoms. The highest BCUT2D eigenvalue weighted by molar-refractivity contribution is 14.0. The van der Waals surface area contributed by atoms with Gasteiger partial charge in [0.05, 0.1) is 0 Å². The third-order valence-electron chi connectivity index (χ3n) is 4.58. The molecule has 0 amide bonds. The van der Waals surface area contributed by atoms with Crippen LogP contribution in [-0.4, -0.2) is 48.3 Å². The molecular formula is C16H34IN3OS. The largest absolute Gasteiger partial charge is 0.396 e. The summed E-state index contributed by atoms with van der Waals surface area (Å²) in [7, 11) is 0. The van der Waals surface area contributed by atoms with E-state index in [4.69, 9.17) is 4.99 Å². The Hall–Kier alpha value is 0.310. The Morgan fingerprint density at radius 3 is 2.50 bits per heavy atom. The number of aliphatic imine (C=N–C) groups is 1. The molecule has 0 aromatic rings. The summed E-state index contributed by atoms with van der Waals surface area (Å²) in [6.07, 6.45) is 5.61. The number of nitrogens with zero attached hydrogens (tertiary/aromatic N) is 1. The Labute approximate surface area is 157 Å². The van der Waals surface area contributed by atoms with E-state index < -0.39 is 0 Å². The molecule has 0 bridgehead atoms. The number of hydrogen-bond acceptors (Lipinski definition) is 3. The third-order valence-corrected chi connectivity index (χ3v) is 5.98. The molecule has 1 fully saturated rings. The number of guanidine groups is 1. The van der Waals surface area contributed by atoms with Gasteiger partial charge in [-0.25, -0.2) is 0 Å². The summed E-state index contributed by atoms with van der Waals surface area (Å²) in [6, 6.07) is 0. The van der Waals surface area contributed by atoms with Crippen molar-refractivity contribution in [2.75, 3.05) is 32.0 Å². The van der Waals surface area contributed by atoms with Crippen LogP contribution in [0.5, 0.6) is 0 Å². The number of rotatable bonds is 9. The van der Waals surface area contributed by atoms with E-state index in [0.29, 0.717) is 0 Å². The normalized spacial score (nSPS) is 18.9. The lowest BCUT2D eigenvalue weighted by molar-refractivity contribution is 0.175. The molecule has 4 nitrogen and oxygen atoms in total. The predicted molar refractivity (Wildman–Crippen MR) is 110 cm³/mol. The molecule has 3 N–H and O–H groups in total. The van der Waals surface area contributed by atoms with Gasteiger partial charge in [-0.1, -0.05) is 13.8 Å². The van der Waals surface area contributed by atoms with Crippen LogP contribution in [0, 0.1) is 5.41 Å². The monoisotopic (exact) mass is 443 g/mol. The second-order valence-electron chi connectivity index (χ2n) is 5.89. The molecule has 0 aromatic carbocycles. The van der Waals surface area contributed by atoms with E-state index in [9.17, 15) is 5.11 Å². The van der Waals surface area contributed by atoms with Crippen molar-refractivity contribution < 1.29 is 5.11 Å². The molecule has 132 valence electrons. The lowest BCUT2D eigenvalue weighted by Crippen LogP contribution is -2.41. The molecule has 1 atom stereocenters. The maximum Gasteiger partial charge on any atom is 0.191 e. The Morgan fingerprint density at radius 2 is 2.00 bits per heavy atom. The highest BCUT2D eigenvalue weighted by Crippen LogP contribution is 2.30. The Balaban J connectivity index is 0.00000441. The van der Waals surface area contributed by atoms with Crippen molar-refractivity contribution >= 4 is 41.7 Å². The molecule has 1 unspecified atom stereocenters. The molecule has 1 aliphatic heterocycles. The fraction of sp³-hybridized carbons (Fsp3) is 0.938. The van der Waals surface area contributed by atoms with E-state index in [0.717, 1.165) is 50.1 Å². The molecule has 22 heavy (non-hydrogen) atoms. The van der Waals surface area contributed by atoms with Gasteiger partial charge in [0.15, 0.2) is 5.96 Å². The van der Waals surface area contributed by atoms with E-state index in [-0.39, 0.29) is 36.0 Å². The number of hydrogen-bond donors (Lipinski definition) is 3. The second kappa shape index (κ2) is 12.7. The van der Waals surface area contributed by atoms with Gasteiger partial charge in [0.1, 0.15) is 0 Å². The first-order chi connectivity index (χ1) is 10.2. The van der Waals surface area contributed by atoms with Crippen molar-refractivity contribution in [1.82, 2.24) is 10.6 Å². The van der Waals surface area contributed by atoms with Crippen LogP contribution >= 0.6 is 35.7 Å². The van der Waals surface area contributed by atoms with Crippen LogP contribution in [0.1, 0.15) is 52.9 Å². The van der Waals surface area contributed by atoms with Crippen LogP contribution in [0.4, 0.5) is 0 Å². The van der Waals surface area contributed by atoms with Gasteiger partial charge in [-0.2, -0.15) is 11.8 Å². The minimum Gasteiger partial charge on any atom is -0.396 e. The molecular weight excluding hydrogens is 409 g/mol. The summed E-state index contributed by atoms with van der Waals surface area (Å²) in [5.74, 6) is 2.22. The molecule has 0 spiro atoms. The summed E-state index contributed by atoms with van der Waals surface area (Å²) in [4.78, 5) is 4.78. The zero-order valence-electron chi connectivity index (χ0n) is 14.4. The number of nitrogens with one attached hydrogen (secondary N) is 2. The molecule has 0 radical (unpaired) electrons. The fourth-order valence-corrected chi connectivity index (χ4v) is 3.95. The second-order valence-corrected chi connectivity index (χ2v) is 7.30. The summed E-state index contributed by atoms with van der Waals surface area (Å²) in [5.41, 5.74) is 0.138. The zero-order chi connectivity index (χ0) is 15.6. The van der Waals surface area contributed by atoms with E-state index in [1.807, 2.05) is 0 Å². The standard InChI is InChI=1S/C16H33N3OS.HI/c1-4-16(5-2,9-10-20)13-19-15(17-6-3)18-12-14-8-7-11-21-14;/h14,20H,4-13H2,1-3H3,(H2,17,18,19);1H. The van der Waals surface area contributed by atoms with E-state index in [2.05, 4.69) is 43.2 Å². The topological polar surface area (TPSA) is 56.7 Å². The van der Waals surface area contributed by atoms with Gasteiger partial charge < -0.3 is 15.7 Å².